The zero-order valence-electron chi connectivity index (χ0n) is 13.7. The van der Waals surface area contributed by atoms with Crippen LogP contribution in [0.25, 0.3) is 10.9 Å². The molecule has 4 rings (SSSR count). The minimum absolute atomic E-state index is 0.0473. The van der Waals surface area contributed by atoms with Crippen molar-refractivity contribution in [2.24, 2.45) is 0 Å². The third-order valence-corrected chi connectivity index (χ3v) is 5.20. The molecule has 0 radical (unpaired) electrons. The summed E-state index contributed by atoms with van der Waals surface area (Å²) < 4.78 is 5.58. The molecule has 1 saturated heterocycles. The number of carbonyl (C=O) groups excluding carboxylic acids is 1. The molecule has 5 heteroatoms. The average molecular weight is 313 g/mol. The highest BCUT2D eigenvalue weighted by molar-refractivity contribution is 5.80. The fraction of sp³-hybridized carbons (Fsp3) is 0.500. The van der Waals surface area contributed by atoms with Gasteiger partial charge in [-0.25, -0.2) is 4.79 Å². The topological polar surface area (TPSA) is 48.6 Å². The Balaban J connectivity index is 1.39. The van der Waals surface area contributed by atoms with Gasteiger partial charge >= 0.3 is 6.09 Å². The van der Waals surface area contributed by atoms with Crippen LogP contribution in [0, 0.1) is 0 Å². The summed E-state index contributed by atoms with van der Waals surface area (Å²) >= 11 is 0. The van der Waals surface area contributed by atoms with Gasteiger partial charge in [0, 0.05) is 29.7 Å². The molecule has 2 aliphatic rings. The van der Waals surface area contributed by atoms with E-state index in [1.54, 1.807) is 0 Å². The van der Waals surface area contributed by atoms with Crippen LogP contribution < -0.4 is 0 Å². The van der Waals surface area contributed by atoms with E-state index in [-0.39, 0.29) is 12.2 Å². The molecule has 1 amide bonds. The number of aromatic amines is 1. The molecule has 1 aromatic heterocycles. The molecule has 1 saturated carbocycles. The lowest BCUT2D eigenvalue weighted by atomic mass is 9.85. The van der Waals surface area contributed by atoms with Crippen LogP contribution in [0.5, 0.6) is 0 Å². The van der Waals surface area contributed by atoms with Crippen molar-refractivity contribution in [2.45, 2.75) is 37.5 Å². The number of hydrogen-bond acceptors (Lipinski definition) is 3. The smallest absolute Gasteiger partial charge is 0.410 e. The summed E-state index contributed by atoms with van der Waals surface area (Å²) in [4.78, 5) is 19.7. The monoisotopic (exact) mass is 313 g/mol. The first-order valence-corrected chi connectivity index (χ1v) is 8.30. The second-order valence-electron chi connectivity index (χ2n) is 6.99. The molecule has 0 spiro atoms. The molecule has 2 aromatic rings. The molecular formula is C18H23N3O2. The highest BCUT2D eigenvalue weighted by Crippen LogP contribution is 2.32. The fourth-order valence-corrected chi connectivity index (χ4v) is 3.67. The third kappa shape index (κ3) is 2.70. The van der Waals surface area contributed by atoms with Crippen molar-refractivity contribution in [1.29, 1.82) is 0 Å². The van der Waals surface area contributed by atoms with E-state index in [9.17, 15) is 4.79 Å². The lowest BCUT2D eigenvalue weighted by Gasteiger charge is -2.43. The molecular weight excluding hydrogens is 290 g/mol. The maximum absolute atomic E-state index is 12.1. The van der Waals surface area contributed by atoms with E-state index in [0.29, 0.717) is 18.6 Å². The molecule has 1 N–H and O–H groups in total. The minimum atomic E-state index is -0.145. The van der Waals surface area contributed by atoms with Gasteiger partial charge in [-0.3, -0.25) is 0 Å². The van der Waals surface area contributed by atoms with Crippen LogP contribution in [-0.4, -0.2) is 59.7 Å². The number of carbonyl (C=O) groups is 1. The van der Waals surface area contributed by atoms with Crippen LogP contribution in [0.2, 0.25) is 0 Å². The number of nitrogens with zero attached hydrogens (tertiary/aromatic N) is 2. The van der Waals surface area contributed by atoms with Gasteiger partial charge in [-0.1, -0.05) is 18.2 Å². The van der Waals surface area contributed by atoms with Crippen LogP contribution >= 0.6 is 0 Å². The van der Waals surface area contributed by atoms with Crippen molar-refractivity contribution in [2.75, 3.05) is 20.6 Å². The zero-order valence-corrected chi connectivity index (χ0v) is 13.7. The summed E-state index contributed by atoms with van der Waals surface area (Å²) in [5, 5.41) is 1.21. The van der Waals surface area contributed by atoms with E-state index in [0.717, 1.165) is 30.5 Å². The van der Waals surface area contributed by atoms with Gasteiger partial charge in [0.15, 0.2) is 0 Å². The number of rotatable bonds is 4. The van der Waals surface area contributed by atoms with Crippen molar-refractivity contribution in [3.63, 3.8) is 0 Å². The molecule has 1 atom stereocenters. The molecule has 23 heavy (non-hydrogen) atoms. The molecule has 2 fully saturated rings. The second-order valence-corrected chi connectivity index (χ2v) is 6.99. The SMILES string of the molecule is CN(C)C1CC(N2C[C@H](Cc3cc4ccccc4[nH]3)OC2=O)C1. The van der Waals surface area contributed by atoms with Gasteiger partial charge in [-0.2, -0.15) is 0 Å². The number of hydrogen-bond donors (Lipinski definition) is 1. The third-order valence-electron chi connectivity index (χ3n) is 5.20. The summed E-state index contributed by atoms with van der Waals surface area (Å²) in [5.41, 5.74) is 2.27. The second kappa shape index (κ2) is 5.57. The van der Waals surface area contributed by atoms with Gasteiger partial charge < -0.3 is 19.5 Å². The molecule has 5 nitrogen and oxygen atoms in total. The quantitative estimate of drug-likeness (QED) is 0.944. The first-order chi connectivity index (χ1) is 11.1. The number of aromatic nitrogens is 1. The maximum atomic E-state index is 12.1. The number of fused-ring (bicyclic) bond motifs is 1. The Bertz CT molecular complexity index is 685. The van der Waals surface area contributed by atoms with Crippen molar-refractivity contribution in [3.05, 3.63) is 36.0 Å². The lowest BCUT2D eigenvalue weighted by molar-refractivity contribution is 0.0752. The lowest BCUT2D eigenvalue weighted by Crippen LogP contribution is -2.52. The largest absolute Gasteiger partial charge is 0.444 e. The van der Waals surface area contributed by atoms with Crippen molar-refractivity contribution in [1.82, 2.24) is 14.8 Å². The van der Waals surface area contributed by atoms with Gasteiger partial charge in [0.05, 0.1) is 6.54 Å². The molecule has 1 aliphatic carbocycles. The van der Waals surface area contributed by atoms with E-state index >= 15 is 0 Å². The summed E-state index contributed by atoms with van der Waals surface area (Å²) in [5.74, 6) is 0. The number of amides is 1. The van der Waals surface area contributed by atoms with E-state index in [1.165, 1.54) is 5.39 Å². The summed E-state index contributed by atoms with van der Waals surface area (Å²) in [6.45, 7) is 0.707. The molecule has 0 unspecified atom stereocenters. The first kappa shape index (κ1) is 14.6. The van der Waals surface area contributed by atoms with E-state index in [4.69, 9.17) is 4.74 Å². The Morgan fingerprint density at radius 2 is 2.09 bits per heavy atom. The summed E-state index contributed by atoms with van der Waals surface area (Å²) in [6, 6.07) is 11.3. The maximum Gasteiger partial charge on any atom is 0.410 e. The predicted octanol–water partition coefficient (Wildman–Crippen LogP) is 2.62. The Morgan fingerprint density at radius 3 is 2.83 bits per heavy atom. The Hall–Kier alpha value is -2.01. The molecule has 122 valence electrons. The molecule has 0 bridgehead atoms. The normalized spacial score (nSPS) is 27.5. The molecule has 2 heterocycles. The number of ether oxygens (including phenoxy) is 1. The van der Waals surface area contributed by atoms with E-state index in [1.807, 2.05) is 17.0 Å². The molecule has 1 aromatic carbocycles. The number of cyclic esters (lactones) is 1. The van der Waals surface area contributed by atoms with Gasteiger partial charge in [-0.15, -0.1) is 0 Å². The standard InChI is InChI=1S/C18H23N3O2/c1-20(2)14-9-15(10-14)21-11-16(23-18(21)22)8-13-7-12-5-3-4-6-17(12)19-13/h3-7,14-16,19H,8-11H2,1-2H3/t14?,15?,16-/m0/s1. The average Bonchev–Trinajstić information content (AvgIpc) is 3.00. The highest BCUT2D eigenvalue weighted by Gasteiger charge is 2.42. The van der Waals surface area contributed by atoms with Crippen LogP contribution in [-0.2, 0) is 11.2 Å². The van der Waals surface area contributed by atoms with Crippen molar-refractivity contribution in [3.8, 4) is 0 Å². The van der Waals surface area contributed by atoms with Gasteiger partial charge in [-0.05, 0) is 44.5 Å². The number of nitrogens with one attached hydrogen (secondary N) is 1. The van der Waals surface area contributed by atoms with Crippen LogP contribution in [0.3, 0.4) is 0 Å². The van der Waals surface area contributed by atoms with Gasteiger partial charge in [0.25, 0.3) is 0 Å². The van der Waals surface area contributed by atoms with E-state index < -0.39 is 0 Å². The number of para-hydroxylation sites is 1. The highest BCUT2D eigenvalue weighted by atomic mass is 16.6. The van der Waals surface area contributed by atoms with Crippen LogP contribution in [0.4, 0.5) is 4.79 Å². The molecule has 1 aliphatic heterocycles. The van der Waals surface area contributed by atoms with Crippen molar-refractivity contribution >= 4 is 17.0 Å². The van der Waals surface area contributed by atoms with Gasteiger partial charge in [0.1, 0.15) is 6.10 Å². The Kier molecular flexibility index (Phi) is 3.53. The van der Waals surface area contributed by atoms with E-state index in [2.05, 4.69) is 42.2 Å². The Morgan fingerprint density at radius 1 is 1.30 bits per heavy atom. The summed E-state index contributed by atoms with van der Waals surface area (Å²) in [6.07, 6.45) is 2.67. The van der Waals surface area contributed by atoms with Crippen molar-refractivity contribution < 1.29 is 9.53 Å². The number of H-pyrrole nitrogens is 1. The fourth-order valence-electron chi connectivity index (χ4n) is 3.67. The zero-order chi connectivity index (χ0) is 16.0. The van der Waals surface area contributed by atoms with Crippen LogP contribution in [0.15, 0.2) is 30.3 Å². The van der Waals surface area contributed by atoms with Gasteiger partial charge in [0.2, 0.25) is 0 Å². The Labute approximate surface area is 136 Å². The summed E-state index contributed by atoms with van der Waals surface area (Å²) in [7, 11) is 4.20. The number of benzene rings is 1. The minimum Gasteiger partial charge on any atom is -0.444 e. The first-order valence-electron chi connectivity index (χ1n) is 8.30. The van der Waals surface area contributed by atoms with Crippen LogP contribution in [0.1, 0.15) is 18.5 Å². The predicted molar refractivity (Wildman–Crippen MR) is 89.5 cm³/mol.